The molecule has 2 aliphatic rings. The van der Waals surface area contributed by atoms with Crippen LogP contribution in [-0.2, 0) is 4.79 Å². The van der Waals surface area contributed by atoms with E-state index in [-0.39, 0.29) is 5.91 Å². The summed E-state index contributed by atoms with van der Waals surface area (Å²) in [7, 11) is 0. The number of piperidine rings is 1. The summed E-state index contributed by atoms with van der Waals surface area (Å²) in [4.78, 5) is 24.9. The predicted molar refractivity (Wildman–Crippen MR) is 148 cm³/mol. The first-order valence-corrected chi connectivity index (χ1v) is 13.5. The summed E-state index contributed by atoms with van der Waals surface area (Å²) >= 11 is 0. The van der Waals surface area contributed by atoms with Gasteiger partial charge in [0.05, 0.1) is 11.4 Å². The smallest absolute Gasteiger partial charge is 0.255 e. The van der Waals surface area contributed by atoms with Gasteiger partial charge in [0.1, 0.15) is 5.65 Å². The molecule has 0 aromatic carbocycles. The highest BCUT2D eigenvalue weighted by molar-refractivity contribution is 5.97. The topological polar surface area (TPSA) is 44.1 Å². The van der Waals surface area contributed by atoms with Crippen molar-refractivity contribution in [1.82, 2.24) is 24.1 Å². The Morgan fingerprint density at radius 2 is 1.86 bits per heavy atom. The zero-order chi connectivity index (χ0) is 25.7. The van der Waals surface area contributed by atoms with E-state index in [9.17, 15) is 4.79 Å². The molecule has 1 amide bonds. The molecule has 2 aromatic heterocycles. The minimum absolute atomic E-state index is 0.0170. The Morgan fingerprint density at radius 3 is 2.56 bits per heavy atom. The lowest BCUT2D eigenvalue weighted by atomic mass is 10.0. The van der Waals surface area contributed by atoms with E-state index < -0.39 is 0 Å². The van der Waals surface area contributed by atoms with Crippen LogP contribution in [0.15, 0.2) is 66.4 Å². The second-order valence-electron chi connectivity index (χ2n) is 9.85. The molecule has 36 heavy (non-hydrogen) atoms. The highest BCUT2D eigenvalue weighted by atomic mass is 16.2. The summed E-state index contributed by atoms with van der Waals surface area (Å²) in [5.41, 5.74) is 5.92. The van der Waals surface area contributed by atoms with Gasteiger partial charge in [0.25, 0.3) is 5.91 Å². The zero-order valence-corrected chi connectivity index (χ0v) is 22.6. The summed E-state index contributed by atoms with van der Waals surface area (Å²) in [5, 5.41) is 0. The minimum atomic E-state index is -0.0170. The van der Waals surface area contributed by atoms with Crippen molar-refractivity contribution in [2.45, 2.75) is 66.3 Å². The van der Waals surface area contributed by atoms with Gasteiger partial charge in [-0.25, -0.2) is 4.98 Å². The number of unbranched alkanes of at least 4 members (excludes halogenated alkanes) is 1. The van der Waals surface area contributed by atoms with Gasteiger partial charge in [-0.1, -0.05) is 33.3 Å². The van der Waals surface area contributed by atoms with Crippen molar-refractivity contribution >= 4 is 17.1 Å². The number of allylic oxidation sites excluding steroid dienone is 4. The standard InChI is InChI=1S/C30H41N5O/c1-6-9-10-27-12-13-28(33-17-15-26(16-18-33)32(7-2)8-3)22-35(27)30(36)19-23(4)25-11-14-29-31-24(5)20-34(29)21-25/h10-14,19-22,26H,6-9,15-18H2,1-5H3. The first-order chi connectivity index (χ1) is 17.4. The second-order valence-corrected chi connectivity index (χ2v) is 9.85. The number of pyridine rings is 1. The molecule has 0 atom stereocenters. The fraction of sp³-hybridized carbons (Fsp3) is 0.467. The van der Waals surface area contributed by atoms with Crippen molar-refractivity contribution < 1.29 is 4.79 Å². The second kappa shape index (κ2) is 11.7. The number of aromatic nitrogens is 2. The summed E-state index contributed by atoms with van der Waals surface area (Å²) < 4.78 is 2.02. The van der Waals surface area contributed by atoms with Crippen molar-refractivity contribution in [2.75, 3.05) is 26.2 Å². The molecule has 6 nitrogen and oxygen atoms in total. The van der Waals surface area contributed by atoms with E-state index in [1.54, 1.807) is 6.08 Å². The van der Waals surface area contributed by atoms with Crippen LogP contribution < -0.4 is 0 Å². The summed E-state index contributed by atoms with van der Waals surface area (Å²) in [6.45, 7) is 14.9. The zero-order valence-electron chi connectivity index (χ0n) is 22.6. The number of aryl methyl sites for hydroxylation is 1. The van der Waals surface area contributed by atoms with Crippen LogP contribution in [0.3, 0.4) is 0 Å². The van der Waals surface area contributed by atoms with Gasteiger partial charge in [-0.2, -0.15) is 0 Å². The maximum atomic E-state index is 13.6. The highest BCUT2D eigenvalue weighted by Gasteiger charge is 2.26. The van der Waals surface area contributed by atoms with Gasteiger partial charge >= 0.3 is 0 Å². The van der Waals surface area contributed by atoms with Crippen molar-refractivity contribution in [3.8, 4) is 0 Å². The van der Waals surface area contributed by atoms with Gasteiger partial charge in [-0.3, -0.25) is 9.69 Å². The molecule has 1 fully saturated rings. The Morgan fingerprint density at radius 1 is 1.11 bits per heavy atom. The van der Waals surface area contributed by atoms with E-state index in [4.69, 9.17) is 0 Å². The molecule has 0 radical (unpaired) electrons. The third kappa shape index (κ3) is 5.81. The average molecular weight is 488 g/mol. The van der Waals surface area contributed by atoms with E-state index >= 15 is 0 Å². The Balaban J connectivity index is 1.54. The number of rotatable bonds is 8. The molecule has 0 saturated carbocycles. The number of hydrogen-bond donors (Lipinski definition) is 0. The summed E-state index contributed by atoms with van der Waals surface area (Å²) in [6.07, 6.45) is 18.6. The number of hydrogen-bond acceptors (Lipinski definition) is 4. The quantitative estimate of drug-likeness (QED) is 0.443. The number of nitrogens with zero attached hydrogens (tertiary/aromatic N) is 5. The first-order valence-electron chi connectivity index (χ1n) is 13.5. The van der Waals surface area contributed by atoms with Gasteiger partial charge in [-0.15, -0.1) is 0 Å². The van der Waals surface area contributed by atoms with Crippen molar-refractivity contribution in [1.29, 1.82) is 0 Å². The molecule has 1 saturated heterocycles. The Labute approximate surface area is 216 Å². The average Bonchev–Trinajstić information content (AvgIpc) is 3.27. The van der Waals surface area contributed by atoms with E-state index in [0.29, 0.717) is 6.04 Å². The largest absolute Gasteiger partial charge is 0.370 e. The SMILES string of the molecule is CCCC=C1C=CC(N2CCC(N(CC)CC)CC2)=CN1C(=O)C=C(C)c1ccc2nc(C)cn2c1. The van der Waals surface area contributed by atoms with Crippen LogP contribution in [0.5, 0.6) is 0 Å². The molecule has 192 valence electrons. The molecule has 0 spiro atoms. The number of carbonyl (C=O) groups is 1. The Bertz CT molecular complexity index is 1190. The Kier molecular flexibility index (Phi) is 8.47. The molecule has 2 aliphatic heterocycles. The summed E-state index contributed by atoms with van der Waals surface area (Å²) in [6, 6.07) is 4.69. The molecule has 4 rings (SSSR count). The molecule has 0 bridgehead atoms. The lowest BCUT2D eigenvalue weighted by Crippen LogP contribution is -2.44. The van der Waals surface area contributed by atoms with Crippen molar-refractivity contribution in [2.24, 2.45) is 0 Å². The highest BCUT2D eigenvalue weighted by Crippen LogP contribution is 2.26. The Hall–Kier alpha value is -3.12. The van der Waals surface area contributed by atoms with E-state index in [2.05, 4.69) is 53.8 Å². The van der Waals surface area contributed by atoms with Crippen LogP contribution in [0.4, 0.5) is 0 Å². The first kappa shape index (κ1) is 26.0. The normalized spacial score (nSPS) is 18.6. The maximum absolute atomic E-state index is 13.6. The van der Waals surface area contributed by atoms with Gasteiger partial charge in [0.2, 0.25) is 0 Å². The number of likely N-dealkylation sites (tertiary alicyclic amines) is 1. The molecule has 6 heteroatoms. The molecule has 0 aliphatic carbocycles. The molecular formula is C30H41N5O. The van der Waals surface area contributed by atoms with Crippen LogP contribution >= 0.6 is 0 Å². The van der Waals surface area contributed by atoms with Crippen LogP contribution in [0.1, 0.15) is 64.6 Å². The van der Waals surface area contributed by atoms with Gasteiger partial charge in [-0.05, 0) is 81.6 Å². The fourth-order valence-corrected chi connectivity index (χ4v) is 5.26. The van der Waals surface area contributed by atoms with E-state index in [0.717, 1.165) is 85.7 Å². The van der Waals surface area contributed by atoms with Gasteiger partial charge in [0.15, 0.2) is 0 Å². The molecular weight excluding hydrogens is 446 g/mol. The monoisotopic (exact) mass is 487 g/mol. The third-order valence-corrected chi connectivity index (χ3v) is 7.37. The maximum Gasteiger partial charge on any atom is 0.255 e. The lowest BCUT2D eigenvalue weighted by molar-refractivity contribution is -0.122. The molecule has 4 heterocycles. The number of carbonyl (C=O) groups excluding carboxylic acids is 1. The molecule has 2 aromatic rings. The van der Waals surface area contributed by atoms with Crippen LogP contribution in [0.25, 0.3) is 11.2 Å². The predicted octanol–water partition coefficient (Wildman–Crippen LogP) is 5.78. The van der Waals surface area contributed by atoms with Gasteiger partial charge in [0, 0.05) is 49.5 Å². The third-order valence-electron chi connectivity index (χ3n) is 7.37. The number of amides is 1. The minimum Gasteiger partial charge on any atom is -0.370 e. The number of imidazole rings is 1. The van der Waals surface area contributed by atoms with E-state index in [1.807, 2.05) is 53.9 Å². The molecule has 0 N–H and O–H groups in total. The fourth-order valence-electron chi connectivity index (χ4n) is 5.26. The molecule has 0 unspecified atom stereocenters. The van der Waals surface area contributed by atoms with Gasteiger partial charge < -0.3 is 14.2 Å². The van der Waals surface area contributed by atoms with Crippen LogP contribution in [-0.4, -0.2) is 62.2 Å². The van der Waals surface area contributed by atoms with Crippen molar-refractivity contribution in [3.63, 3.8) is 0 Å². The summed E-state index contributed by atoms with van der Waals surface area (Å²) in [5.74, 6) is -0.0170. The van der Waals surface area contributed by atoms with Crippen molar-refractivity contribution in [3.05, 3.63) is 77.7 Å². The van der Waals surface area contributed by atoms with E-state index in [1.165, 1.54) is 0 Å². The number of fused-ring (bicyclic) bond motifs is 1. The van der Waals surface area contributed by atoms with Crippen LogP contribution in [0, 0.1) is 6.92 Å². The lowest BCUT2D eigenvalue weighted by Gasteiger charge is -2.40. The van der Waals surface area contributed by atoms with Crippen LogP contribution in [0.2, 0.25) is 0 Å².